The Labute approximate surface area is 104 Å². The van der Waals surface area contributed by atoms with Crippen LogP contribution in [0.25, 0.3) is 0 Å². The molecule has 1 aliphatic heterocycles. The van der Waals surface area contributed by atoms with E-state index in [1.807, 2.05) is 0 Å². The average Bonchev–Trinajstić information content (AvgIpc) is 2.62. The number of nitrogen functional groups attached to an aromatic ring is 1. The number of pyridine rings is 1. The zero-order valence-corrected chi connectivity index (χ0v) is 10.2. The number of amides is 1. The predicted molar refractivity (Wildman–Crippen MR) is 64.8 cm³/mol. The van der Waals surface area contributed by atoms with Crippen LogP contribution in [0.3, 0.4) is 0 Å². The first-order chi connectivity index (χ1) is 7.89. The Morgan fingerprint density at radius 1 is 1.71 bits per heavy atom. The van der Waals surface area contributed by atoms with Gasteiger partial charge >= 0.3 is 0 Å². The number of aliphatic hydroxyl groups is 1. The summed E-state index contributed by atoms with van der Waals surface area (Å²) >= 11 is 5.81. The van der Waals surface area contributed by atoms with Gasteiger partial charge in [0.25, 0.3) is 5.91 Å². The molecule has 0 spiro atoms. The summed E-state index contributed by atoms with van der Waals surface area (Å²) in [5.74, 6) is 0.0220. The molecule has 1 atom stereocenters. The largest absolute Gasteiger partial charge is 0.388 e. The van der Waals surface area contributed by atoms with Crippen LogP contribution in [-0.2, 0) is 0 Å². The van der Waals surface area contributed by atoms with Gasteiger partial charge in [0.1, 0.15) is 5.82 Å². The second-order valence-corrected chi connectivity index (χ2v) is 4.97. The highest BCUT2D eigenvalue weighted by molar-refractivity contribution is 6.33. The van der Waals surface area contributed by atoms with Gasteiger partial charge < -0.3 is 15.7 Å². The van der Waals surface area contributed by atoms with Crippen molar-refractivity contribution in [1.82, 2.24) is 9.88 Å². The van der Waals surface area contributed by atoms with Crippen molar-refractivity contribution in [2.75, 3.05) is 18.8 Å². The zero-order chi connectivity index (χ0) is 12.6. The van der Waals surface area contributed by atoms with Crippen LogP contribution in [0.4, 0.5) is 5.82 Å². The number of hydrogen-bond acceptors (Lipinski definition) is 4. The van der Waals surface area contributed by atoms with Crippen LogP contribution in [0, 0.1) is 0 Å². The number of carbonyl (C=O) groups is 1. The van der Waals surface area contributed by atoms with E-state index in [2.05, 4.69) is 4.98 Å². The molecule has 1 unspecified atom stereocenters. The average molecular weight is 256 g/mol. The Balaban J connectivity index is 2.18. The zero-order valence-electron chi connectivity index (χ0n) is 9.48. The monoisotopic (exact) mass is 255 g/mol. The number of nitrogens with zero attached hydrogens (tertiary/aromatic N) is 2. The summed E-state index contributed by atoms with van der Waals surface area (Å²) in [5, 5.41) is 10.1. The third-order valence-electron chi connectivity index (χ3n) is 2.86. The molecule has 3 N–H and O–H groups in total. The maximum atomic E-state index is 12.1. The first kappa shape index (κ1) is 12.1. The van der Waals surface area contributed by atoms with Gasteiger partial charge in [0.2, 0.25) is 0 Å². The van der Waals surface area contributed by atoms with Crippen molar-refractivity contribution in [2.45, 2.75) is 18.9 Å². The highest BCUT2D eigenvalue weighted by Crippen LogP contribution is 2.23. The molecule has 0 saturated carbocycles. The smallest absolute Gasteiger partial charge is 0.255 e. The number of β-amino-alcohol motifs (C(OH)–C–C–N with tert-alkyl or cyclic N) is 1. The minimum atomic E-state index is -0.805. The van der Waals surface area contributed by atoms with Crippen LogP contribution in [-0.4, -0.2) is 39.6 Å². The van der Waals surface area contributed by atoms with Crippen molar-refractivity contribution in [1.29, 1.82) is 0 Å². The number of aromatic nitrogens is 1. The number of rotatable bonds is 1. The van der Waals surface area contributed by atoms with Crippen molar-refractivity contribution in [3.63, 3.8) is 0 Å². The molecule has 6 heteroatoms. The quantitative estimate of drug-likeness (QED) is 0.782. The van der Waals surface area contributed by atoms with Gasteiger partial charge in [-0.1, -0.05) is 11.6 Å². The first-order valence-corrected chi connectivity index (χ1v) is 5.69. The van der Waals surface area contributed by atoms with Crippen molar-refractivity contribution in [2.24, 2.45) is 0 Å². The number of halogens is 1. The van der Waals surface area contributed by atoms with Crippen LogP contribution >= 0.6 is 11.6 Å². The fourth-order valence-corrected chi connectivity index (χ4v) is 2.03. The molecule has 5 nitrogen and oxygen atoms in total. The molecule has 1 fully saturated rings. The summed E-state index contributed by atoms with van der Waals surface area (Å²) in [7, 11) is 0. The molecule has 1 aliphatic rings. The molecule has 2 heterocycles. The van der Waals surface area contributed by atoms with Crippen LogP contribution in [0.2, 0.25) is 5.02 Å². The Hall–Kier alpha value is -1.33. The summed E-state index contributed by atoms with van der Waals surface area (Å²) in [6, 6.07) is 1.50. The molecule has 1 amide bonds. The minimum Gasteiger partial charge on any atom is -0.388 e. The fraction of sp³-hybridized carbons (Fsp3) is 0.455. The summed E-state index contributed by atoms with van der Waals surface area (Å²) < 4.78 is 0. The van der Waals surface area contributed by atoms with Gasteiger partial charge in [-0.05, 0) is 19.4 Å². The predicted octanol–water partition coefficient (Wildman–Crippen LogP) is 0.914. The van der Waals surface area contributed by atoms with Crippen molar-refractivity contribution in [3.05, 3.63) is 22.8 Å². The third kappa shape index (κ3) is 2.50. The minimum absolute atomic E-state index is 0.183. The van der Waals surface area contributed by atoms with Crippen LogP contribution in [0.5, 0.6) is 0 Å². The number of anilines is 1. The van der Waals surface area contributed by atoms with Crippen molar-refractivity contribution >= 4 is 23.3 Å². The first-order valence-electron chi connectivity index (χ1n) is 5.32. The van der Waals surface area contributed by atoms with E-state index in [4.69, 9.17) is 17.3 Å². The summed E-state index contributed by atoms with van der Waals surface area (Å²) in [5.41, 5.74) is 5.06. The summed E-state index contributed by atoms with van der Waals surface area (Å²) in [6.07, 6.45) is 1.98. The summed E-state index contributed by atoms with van der Waals surface area (Å²) in [6.45, 7) is 2.58. The van der Waals surface area contributed by atoms with E-state index in [1.165, 1.54) is 12.3 Å². The van der Waals surface area contributed by atoms with Gasteiger partial charge in [-0.3, -0.25) is 4.79 Å². The van der Waals surface area contributed by atoms with Gasteiger partial charge in [-0.2, -0.15) is 0 Å². The molecular weight excluding hydrogens is 242 g/mol. The maximum Gasteiger partial charge on any atom is 0.255 e. The lowest BCUT2D eigenvalue weighted by atomic mass is 10.1. The van der Waals surface area contributed by atoms with Gasteiger partial charge in [-0.25, -0.2) is 4.98 Å². The summed E-state index contributed by atoms with van der Waals surface area (Å²) in [4.78, 5) is 17.5. The van der Waals surface area contributed by atoms with E-state index < -0.39 is 5.60 Å². The molecule has 2 rings (SSSR count). The molecule has 17 heavy (non-hydrogen) atoms. The normalized spacial score (nSPS) is 24.1. The lowest BCUT2D eigenvalue weighted by Crippen LogP contribution is -2.33. The fourth-order valence-electron chi connectivity index (χ4n) is 1.87. The van der Waals surface area contributed by atoms with E-state index in [1.54, 1.807) is 11.8 Å². The number of hydrogen-bond donors (Lipinski definition) is 2. The molecule has 92 valence electrons. The molecule has 1 saturated heterocycles. The Morgan fingerprint density at radius 2 is 2.41 bits per heavy atom. The van der Waals surface area contributed by atoms with Crippen molar-refractivity contribution in [3.8, 4) is 0 Å². The second kappa shape index (κ2) is 4.16. The highest BCUT2D eigenvalue weighted by atomic mass is 35.5. The van der Waals surface area contributed by atoms with E-state index in [0.29, 0.717) is 25.1 Å². The lowest BCUT2D eigenvalue weighted by Gasteiger charge is -2.19. The van der Waals surface area contributed by atoms with Crippen LogP contribution in [0.15, 0.2) is 12.3 Å². The lowest BCUT2D eigenvalue weighted by molar-refractivity contribution is 0.0572. The van der Waals surface area contributed by atoms with Crippen molar-refractivity contribution < 1.29 is 9.90 Å². The molecule has 0 aromatic carbocycles. The Morgan fingerprint density at radius 3 is 2.94 bits per heavy atom. The van der Waals surface area contributed by atoms with E-state index >= 15 is 0 Å². The number of nitrogens with two attached hydrogens (primary N) is 1. The Bertz CT molecular complexity index is 462. The van der Waals surface area contributed by atoms with Gasteiger partial charge in [0.05, 0.1) is 16.2 Å². The van der Waals surface area contributed by atoms with E-state index in [9.17, 15) is 9.90 Å². The molecular formula is C11H14ClN3O2. The molecule has 1 aromatic heterocycles. The molecule has 0 aliphatic carbocycles. The molecule has 1 aromatic rings. The standard InChI is InChI=1S/C11H14ClN3O2/c1-11(17)2-3-15(6-11)10(16)7-4-8(12)9(13)14-5-7/h4-5,17H,2-3,6H2,1H3,(H2,13,14). The molecule has 0 radical (unpaired) electrons. The van der Waals surface area contributed by atoms with Crippen LogP contribution in [0.1, 0.15) is 23.7 Å². The maximum absolute atomic E-state index is 12.1. The van der Waals surface area contributed by atoms with E-state index in [0.717, 1.165) is 0 Å². The second-order valence-electron chi connectivity index (χ2n) is 4.56. The van der Waals surface area contributed by atoms with Crippen LogP contribution < -0.4 is 5.73 Å². The third-order valence-corrected chi connectivity index (χ3v) is 3.16. The highest BCUT2D eigenvalue weighted by Gasteiger charge is 2.34. The topological polar surface area (TPSA) is 79.5 Å². The number of carbonyl (C=O) groups excluding carboxylic acids is 1. The van der Waals surface area contributed by atoms with E-state index in [-0.39, 0.29) is 16.7 Å². The van der Waals surface area contributed by atoms with Gasteiger partial charge in [-0.15, -0.1) is 0 Å². The van der Waals surface area contributed by atoms with Gasteiger partial charge in [0.15, 0.2) is 0 Å². The Kier molecular flexibility index (Phi) is 2.97. The molecule has 0 bridgehead atoms. The number of likely N-dealkylation sites (tertiary alicyclic amines) is 1. The SMILES string of the molecule is CC1(O)CCN(C(=O)c2cnc(N)c(Cl)c2)C1. The van der Waals surface area contributed by atoms with Gasteiger partial charge in [0, 0.05) is 19.3 Å².